The summed E-state index contributed by atoms with van der Waals surface area (Å²) in [6.07, 6.45) is 0. The summed E-state index contributed by atoms with van der Waals surface area (Å²) < 4.78 is 10.6. The van der Waals surface area contributed by atoms with Crippen LogP contribution in [0.3, 0.4) is 0 Å². The van der Waals surface area contributed by atoms with Crippen molar-refractivity contribution >= 4 is 28.8 Å². The highest BCUT2D eigenvalue weighted by molar-refractivity contribution is 7.17. The van der Waals surface area contributed by atoms with Gasteiger partial charge in [0.05, 0.1) is 19.9 Å². The van der Waals surface area contributed by atoms with Crippen molar-refractivity contribution in [2.24, 2.45) is 0 Å². The predicted octanol–water partition coefficient (Wildman–Crippen LogP) is 5.06. The summed E-state index contributed by atoms with van der Waals surface area (Å²) in [4.78, 5) is 19.8. The van der Waals surface area contributed by atoms with Crippen molar-refractivity contribution in [2.45, 2.75) is 13.5 Å². The van der Waals surface area contributed by atoms with Gasteiger partial charge in [-0.2, -0.15) is 0 Å². The van der Waals surface area contributed by atoms with E-state index in [4.69, 9.17) is 21.1 Å². The second-order valence-corrected chi connectivity index (χ2v) is 7.66. The molecule has 0 N–H and O–H groups in total. The molecule has 5 nitrogen and oxygen atoms in total. The zero-order chi connectivity index (χ0) is 20.3. The van der Waals surface area contributed by atoms with Crippen LogP contribution in [0.2, 0.25) is 5.02 Å². The van der Waals surface area contributed by atoms with Crippen molar-refractivity contribution in [3.05, 3.63) is 63.6 Å². The number of hydrogen-bond acceptors (Lipinski definition) is 5. The van der Waals surface area contributed by atoms with Crippen molar-refractivity contribution in [3.8, 4) is 22.1 Å². The number of aryl methyl sites for hydroxylation is 1. The van der Waals surface area contributed by atoms with Gasteiger partial charge in [0, 0.05) is 24.2 Å². The third kappa shape index (κ3) is 4.13. The summed E-state index contributed by atoms with van der Waals surface area (Å²) in [6.45, 7) is 2.28. The summed E-state index contributed by atoms with van der Waals surface area (Å²) in [5, 5.41) is 1.40. The molecular weight excluding hydrogens is 396 g/mol. The fourth-order valence-electron chi connectivity index (χ4n) is 2.81. The monoisotopic (exact) mass is 416 g/mol. The molecule has 0 aliphatic carbocycles. The summed E-state index contributed by atoms with van der Waals surface area (Å²) in [7, 11) is 4.95. The number of methoxy groups -OCH3 is 2. The molecule has 0 unspecified atom stereocenters. The Balaban J connectivity index is 1.85. The van der Waals surface area contributed by atoms with Crippen LogP contribution in [0, 0.1) is 6.92 Å². The third-order valence-electron chi connectivity index (χ3n) is 4.33. The lowest BCUT2D eigenvalue weighted by Crippen LogP contribution is -2.26. The van der Waals surface area contributed by atoms with E-state index < -0.39 is 0 Å². The maximum Gasteiger partial charge on any atom is 0.265 e. The lowest BCUT2D eigenvalue weighted by atomic mass is 10.2. The maximum absolute atomic E-state index is 13.0. The number of benzene rings is 2. The Labute approximate surface area is 173 Å². The van der Waals surface area contributed by atoms with Gasteiger partial charge in [0.25, 0.3) is 5.91 Å². The van der Waals surface area contributed by atoms with Crippen LogP contribution >= 0.6 is 22.9 Å². The van der Waals surface area contributed by atoms with Crippen LogP contribution in [0.15, 0.2) is 42.5 Å². The molecule has 3 rings (SSSR count). The van der Waals surface area contributed by atoms with Gasteiger partial charge in [-0.1, -0.05) is 29.8 Å². The molecule has 28 heavy (non-hydrogen) atoms. The van der Waals surface area contributed by atoms with E-state index in [1.807, 2.05) is 49.4 Å². The summed E-state index contributed by atoms with van der Waals surface area (Å²) >= 11 is 7.58. The summed E-state index contributed by atoms with van der Waals surface area (Å²) in [5.41, 5.74) is 2.48. The molecule has 1 aromatic heterocycles. The Hall–Kier alpha value is -2.57. The standard InChI is InChI=1S/C21H21ClN2O3S/c1-13-19(21(25)24(2)12-15-7-5-6-8-16(15)22)28-20(23-13)14-9-10-17(26-3)18(11-14)27-4/h5-11H,12H2,1-4H3. The van der Waals surface area contributed by atoms with Gasteiger partial charge in [-0.3, -0.25) is 4.79 Å². The first kappa shape index (κ1) is 20.2. The van der Waals surface area contributed by atoms with Crippen LogP contribution in [-0.2, 0) is 6.54 Å². The van der Waals surface area contributed by atoms with E-state index in [0.29, 0.717) is 33.6 Å². The lowest BCUT2D eigenvalue weighted by Gasteiger charge is -2.17. The van der Waals surface area contributed by atoms with Gasteiger partial charge in [-0.15, -0.1) is 11.3 Å². The minimum absolute atomic E-state index is 0.0818. The SMILES string of the molecule is COc1ccc(-c2nc(C)c(C(=O)N(C)Cc3ccccc3Cl)s2)cc1OC. The molecule has 3 aromatic rings. The second kappa shape index (κ2) is 8.63. The first-order valence-electron chi connectivity index (χ1n) is 8.63. The Morgan fingerprint density at radius 3 is 2.54 bits per heavy atom. The molecule has 1 amide bonds. The number of aromatic nitrogens is 1. The molecule has 0 atom stereocenters. The molecule has 0 saturated carbocycles. The Morgan fingerprint density at radius 1 is 1.14 bits per heavy atom. The van der Waals surface area contributed by atoms with E-state index in [9.17, 15) is 4.79 Å². The number of carbonyl (C=O) groups excluding carboxylic acids is 1. The van der Waals surface area contributed by atoms with Crippen LogP contribution in [0.1, 0.15) is 20.9 Å². The molecule has 7 heteroatoms. The number of ether oxygens (including phenoxy) is 2. The number of halogens is 1. The highest BCUT2D eigenvalue weighted by Gasteiger charge is 2.21. The van der Waals surface area contributed by atoms with E-state index in [0.717, 1.165) is 16.1 Å². The number of amides is 1. The number of carbonyl (C=O) groups is 1. The third-order valence-corrected chi connectivity index (χ3v) is 5.90. The predicted molar refractivity (Wildman–Crippen MR) is 113 cm³/mol. The molecule has 0 spiro atoms. The van der Waals surface area contributed by atoms with Crippen LogP contribution in [-0.4, -0.2) is 37.1 Å². The van der Waals surface area contributed by atoms with E-state index in [1.165, 1.54) is 11.3 Å². The van der Waals surface area contributed by atoms with Crippen LogP contribution in [0.25, 0.3) is 10.6 Å². The van der Waals surface area contributed by atoms with Crippen LogP contribution in [0.4, 0.5) is 0 Å². The highest BCUT2D eigenvalue weighted by Crippen LogP contribution is 2.35. The van der Waals surface area contributed by atoms with E-state index in [-0.39, 0.29) is 5.91 Å². The molecule has 0 radical (unpaired) electrons. The van der Waals surface area contributed by atoms with Crippen molar-refractivity contribution in [1.82, 2.24) is 9.88 Å². The molecular formula is C21H21ClN2O3S. The molecule has 146 valence electrons. The fourth-order valence-corrected chi connectivity index (χ4v) is 4.07. The molecule has 0 fully saturated rings. The van der Waals surface area contributed by atoms with Gasteiger partial charge in [-0.05, 0) is 36.8 Å². The average Bonchev–Trinajstić information content (AvgIpc) is 3.10. The van der Waals surface area contributed by atoms with Gasteiger partial charge in [0.15, 0.2) is 11.5 Å². The second-order valence-electron chi connectivity index (χ2n) is 6.26. The topological polar surface area (TPSA) is 51.7 Å². The van der Waals surface area contributed by atoms with Crippen molar-refractivity contribution in [2.75, 3.05) is 21.3 Å². The van der Waals surface area contributed by atoms with Crippen molar-refractivity contribution < 1.29 is 14.3 Å². The van der Waals surface area contributed by atoms with Gasteiger partial charge in [-0.25, -0.2) is 4.98 Å². The number of nitrogens with zero attached hydrogens (tertiary/aromatic N) is 2. The molecule has 0 saturated heterocycles. The van der Waals surface area contributed by atoms with Crippen molar-refractivity contribution in [1.29, 1.82) is 0 Å². The van der Waals surface area contributed by atoms with Gasteiger partial charge in [0.2, 0.25) is 0 Å². The Kier molecular flexibility index (Phi) is 6.21. The van der Waals surface area contributed by atoms with Crippen molar-refractivity contribution in [3.63, 3.8) is 0 Å². The van der Waals surface area contributed by atoms with Gasteiger partial charge in [0.1, 0.15) is 9.88 Å². The van der Waals surface area contributed by atoms with E-state index in [2.05, 4.69) is 4.98 Å². The van der Waals surface area contributed by atoms with Crippen LogP contribution < -0.4 is 9.47 Å². The molecule has 0 bridgehead atoms. The molecule has 0 aliphatic rings. The molecule has 2 aromatic carbocycles. The summed E-state index contributed by atoms with van der Waals surface area (Å²) in [5.74, 6) is 1.19. The lowest BCUT2D eigenvalue weighted by molar-refractivity contribution is 0.0789. The fraction of sp³-hybridized carbons (Fsp3) is 0.238. The number of rotatable bonds is 6. The Bertz CT molecular complexity index is 1000. The first-order chi connectivity index (χ1) is 13.4. The van der Waals surface area contributed by atoms with Gasteiger partial charge >= 0.3 is 0 Å². The maximum atomic E-state index is 13.0. The first-order valence-corrected chi connectivity index (χ1v) is 9.82. The normalized spacial score (nSPS) is 10.6. The quantitative estimate of drug-likeness (QED) is 0.563. The Morgan fingerprint density at radius 2 is 1.86 bits per heavy atom. The number of hydrogen-bond donors (Lipinski definition) is 0. The summed E-state index contributed by atoms with van der Waals surface area (Å²) in [6, 6.07) is 13.1. The zero-order valence-corrected chi connectivity index (χ0v) is 17.7. The minimum atomic E-state index is -0.0818. The van der Waals surface area contributed by atoms with Gasteiger partial charge < -0.3 is 14.4 Å². The van der Waals surface area contributed by atoms with E-state index >= 15 is 0 Å². The molecule has 1 heterocycles. The molecule has 0 aliphatic heterocycles. The largest absolute Gasteiger partial charge is 0.493 e. The van der Waals surface area contributed by atoms with E-state index in [1.54, 1.807) is 26.2 Å². The minimum Gasteiger partial charge on any atom is -0.493 e. The zero-order valence-electron chi connectivity index (χ0n) is 16.2. The smallest absolute Gasteiger partial charge is 0.265 e. The average molecular weight is 417 g/mol. The number of thiazole rings is 1. The highest BCUT2D eigenvalue weighted by atomic mass is 35.5. The van der Waals surface area contributed by atoms with Crippen LogP contribution in [0.5, 0.6) is 11.5 Å².